The molecular formula is C16H32N2O3S. The molecule has 1 N–H and O–H groups in total. The lowest BCUT2D eigenvalue weighted by Crippen LogP contribution is -2.51. The summed E-state index contributed by atoms with van der Waals surface area (Å²) in [7, 11) is -1.39. The monoisotopic (exact) mass is 332 g/mol. The van der Waals surface area contributed by atoms with Gasteiger partial charge in [0.1, 0.15) is 0 Å². The fourth-order valence-electron chi connectivity index (χ4n) is 3.17. The Hall–Kier alpha value is -0.780. The van der Waals surface area contributed by atoms with Crippen molar-refractivity contribution >= 4 is 15.9 Å². The largest absolute Gasteiger partial charge is 0.335 e. The maximum Gasteiger partial charge on any atom is 0.317 e. The van der Waals surface area contributed by atoms with E-state index in [0.29, 0.717) is 5.92 Å². The first-order valence-corrected chi connectivity index (χ1v) is 10.4. The van der Waals surface area contributed by atoms with E-state index in [9.17, 15) is 13.2 Å². The maximum atomic E-state index is 12.4. The maximum absolute atomic E-state index is 12.4. The van der Waals surface area contributed by atoms with Gasteiger partial charge in [-0.2, -0.15) is 0 Å². The summed E-state index contributed by atoms with van der Waals surface area (Å²) in [6.07, 6.45) is 6.91. The van der Waals surface area contributed by atoms with Crippen molar-refractivity contribution in [1.29, 1.82) is 0 Å². The number of amides is 2. The zero-order valence-electron chi connectivity index (χ0n) is 14.5. The lowest BCUT2D eigenvalue weighted by molar-refractivity contribution is 0.177. The van der Waals surface area contributed by atoms with Crippen molar-refractivity contribution in [3.8, 4) is 0 Å². The summed E-state index contributed by atoms with van der Waals surface area (Å²) in [6, 6.07) is -0.219. The van der Waals surface area contributed by atoms with Gasteiger partial charge in [-0.1, -0.05) is 33.1 Å². The molecule has 1 saturated carbocycles. The van der Waals surface area contributed by atoms with Gasteiger partial charge < -0.3 is 10.2 Å². The summed E-state index contributed by atoms with van der Waals surface area (Å²) < 4.78 is 23.4. The van der Waals surface area contributed by atoms with Gasteiger partial charge in [-0.15, -0.1) is 0 Å². The highest BCUT2D eigenvalue weighted by Gasteiger charge is 2.28. The molecule has 3 atom stereocenters. The summed E-state index contributed by atoms with van der Waals surface area (Å²) in [5, 5.41) is 3.13. The Morgan fingerprint density at radius 2 is 1.91 bits per heavy atom. The molecule has 1 rings (SSSR count). The number of carbonyl (C=O) groups excluding carboxylic acids is 1. The molecule has 0 aromatic carbocycles. The minimum Gasteiger partial charge on any atom is -0.335 e. The number of nitrogens with zero attached hydrogens (tertiary/aromatic N) is 1. The normalized spacial score (nSPS) is 23.8. The summed E-state index contributed by atoms with van der Waals surface area (Å²) in [5.74, 6) is 0.704. The summed E-state index contributed by atoms with van der Waals surface area (Å²) >= 11 is 0. The predicted molar refractivity (Wildman–Crippen MR) is 90.7 cm³/mol. The molecule has 3 unspecified atom stereocenters. The van der Waals surface area contributed by atoms with E-state index in [1.807, 2.05) is 0 Å². The van der Waals surface area contributed by atoms with Gasteiger partial charge in [-0.25, -0.2) is 13.2 Å². The fourth-order valence-corrected chi connectivity index (χ4v) is 4.37. The Morgan fingerprint density at radius 1 is 1.27 bits per heavy atom. The molecule has 130 valence electrons. The van der Waals surface area contributed by atoms with E-state index >= 15 is 0 Å². The smallest absolute Gasteiger partial charge is 0.317 e. The molecule has 6 heteroatoms. The first-order chi connectivity index (χ1) is 10.3. The van der Waals surface area contributed by atoms with Gasteiger partial charge >= 0.3 is 6.03 Å². The van der Waals surface area contributed by atoms with Crippen LogP contribution in [0.15, 0.2) is 0 Å². The van der Waals surface area contributed by atoms with Crippen LogP contribution in [-0.2, 0) is 9.84 Å². The Labute approximate surface area is 135 Å². The quantitative estimate of drug-likeness (QED) is 0.779. The average molecular weight is 333 g/mol. The van der Waals surface area contributed by atoms with Crippen molar-refractivity contribution in [2.45, 2.75) is 71.4 Å². The molecule has 5 nitrogen and oxygen atoms in total. The SMILES string of the molecule is CCCC1CCCCC1NC(=O)N(C)C(C)CS(=O)(=O)CC. The van der Waals surface area contributed by atoms with Gasteiger partial charge in [-0.05, 0) is 32.1 Å². The standard InChI is InChI=1S/C16H32N2O3S/c1-5-9-14-10-7-8-11-15(14)17-16(19)18(4)13(3)12-22(20,21)6-2/h13-15H,5-12H2,1-4H3,(H,17,19). The third kappa shape index (κ3) is 5.78. The van der Waals surface area contributed by atoms with Crippen LogP contribution in [0.25, 0.3) is 0 Å². The third-order valence-electron chi connectivity index (χ3n) is 4.79. The lowest BCUT2D eigenvalue weighted by atomic mass is 9.82. The molecule has 0 aliphatic heterocycles. The summed E-state index contributed by atoms with van der Waals surface area (Å²) in [5.41, 5.74) is 0. The molecule has 1 aliphatic rings. The molecule has 2 amide bonds. The molecule has 0 saturated heterocycles. The number of rotatable bonds is 7. The lowest BCUT2D eigenvalue weighted by Gasteiger charge is -2.34. The number of hydrogen-bond donors (Lipinski definition) is 1. The minimum absolute atomic E-state index is 0.0243. The first kappa shape index (κ1) is 19.3. The van der Waals surface area contributed by atoms with Crippen molar-refractivity contribution in [3.63, 3.8) is 0 Å². The van der Waals surface area contributed by atoms with E-state index in [4.69, 9.17) is 0 Å². The van der Waals surface area contributed by atoms with Crippen LogP contribution in [0.5, 0.6) is 0 Å². The third-order valence-corrected chi connectivity index (χ3v) is 6.66. The Morgan fingerprint density at radius 3 is 2.50 bits per heavy atom. The second-order valence-electron chi connectivity index (χ2n) is 6.55. The number of urea groups is 1. The Kier molecular flexibility index (Phi) is 7.66. The highest BCUT2D eigenvalue weighted by Crippen LogP contribution is 2.28. The number of carbonyl (C=O) groups is 1. The summed E-state index contributed by atoms with van der Waals surface area (Å²) in [4.78, 5) is 13.9. The second kappa shape index (κ2) is 8.75. The van der Waals surface area contributed by atoms with E-state index in [1.165, 1.54) is 17.7 Å². The van der Waals surface area contributed by atoms with Gasteiger partial charge in [0.25, 0.3) is 0 Å². The highest BCUT2D eigenvalue weighted by molar-refractivity contribution is 7.91. The molecule has 22 heavy (non-hydrogen) atoms. The van der Waals surface area contributed by atoms with E-state index in [2.05, 4.69) is 12.2 Å². The van der Waals surface area contributed by atoms with Crippen LogP contribution in [-0.4, -0.2) is 50.0 Å². The van der Waals surface area contributed by atoms with Gasteiger partial charge in [0.15, 0.2) is 9.84 Å². The van der Waals surface area contributed by atoms with Gasteiger partial charge in [-0.3, -0.25) is 0 Å². The zero-order valence-corrected chi connectivity index (χ0v) is 15.3. The first-order valence-electron chi connectivity index (χ1n) is 8.54. The van der Waals surface area contributed by atoms with Crippen LogP contribution in [0.4, 0.5) is 4.79 Å². The topological polar surface area (TPSA) is 66.5 Å². The zero-order chi connectivity index (χ0) is 16.8. The van der Waals surface area contributed by atoms with E-state index < -0.39 is 9.84 Å². The minimum atomic E-state index is -3.07. The molecule has 0 radical (unpaired) electrons. The molecule has 0 heterocycles. The number of nitrogens with one attached hydrogen (secondary N) is 1. The van der Waals surface area contributed by atoms with Crippen LogP contribution >= 0.6 is 0 Å². The van der Waals surface area contributed by atoms with E-state index in [1.54, 1.807) is 20.9 Å². The molecule has 0 bridgehead atoms. The fraction of sp³-hybridized carbons (Fsp3) is 0.938. The van der Waals surface area contributed by atoms with Crippen LogP contribution < -0.4 is 5.32 Å². The van der Waals surface area contributed by atoms with Crippen LogP contribution in [0, 0.1) is 5.92 Å². The average Bonchev–Trinajstić information content (AvgIpc) is 2.48. The van der Waals surface area contributed by atoms with Gasteiger partial charge in [0.2, 0.25) is 0 Å². The van der Waals surface area contributed by atoms with Crippen LogP contribution in [0.1, 0.15) is 59.3 Å². The van der Waals surface area contributed by atoms with Crippen molar-refractivity contribution in [3.05, 3.63) is 0 Å². The van der Waals surface area contributed by atoms with Crippen molar-refractivity contribution in [2.24, 2.45) is 5.92 Å². The Balaban J connectivity index is 2.58. The highest BCUT2D eigenvalue weighted by atomic mass is 32.2. The molecule has 0 aromatic heterocycles. The molecule has 1 fully saturated rings. The number of sulfone groups is 1. The molecule has 1 aliphatic carbocycles. The van der Waals surface area contributed by atoms with Gasteiger partial charge in [0, 0.05) is 24.9 Å². The second-order valence-corrected chi connectivity index (χ2v) is 8.95. The summed E-state index contributed by atoms with van der Waals surface area (Å²) in [6.45, 7) is 5.61. The van der Waals surface area contributed by atoms with Crippen LogP contribution in [0.3, 0.4) is 0 Å². The van der Waals surface area contributed by atoms with E-state index in [-0.39, 0.29) is 29.6 Å². The predicted octanol–water partition coefficient (Wildman–Crippen LogP) is 2.81. The van der Waals surface area contributed by atoms with Crippen molar-refractivity contribution in [1.82, 2.24) is 10.2 Å². The van der Waals surface area contributed by atoms with Crippen molar-refractivity contribution in [2.75, 3.05) is 18.6 Å². The Bertz CT molecular complexity index is 448. The van der Waals surface area contributed by atoms with Crippen LogP contribution in [0.2, 0.25) is 0 Å². The van der Waals surface area contributed by atoms with Crippen molar-refractivity contribution < 1.29 is 13.2 Å². The van der Waals surface area contributed by atoms with E-state index in [0.717, 1.165) is 25.7 Å². The molecular weight excluding hydrogens is 300 g/mol. The molecule has 0 aromatic rings. The number of hydrogen-bond acceptors (Lipinski definition) is 3. The molecule has 0 spiro atoms. The van der Waals surface area contributed by atoms with Gasteiger partial charge in [0.05, 0.1) is 5.75 Å².